The average Bonchev–Trinajstić information content (AvgIpc) is 3.19. The van der Waals surface area contributed by atoms with Gasteiger partial charge in [0.25, 0.3) is 0 Å². The van der Waals surface area contributed by atoms with Crippen molar-refractivity contribution in [2.45, 2.75) is 13.0 Å². The van der Waals surface area contributed by atoms with E-state index in [1.54, 1.807) is 17.5 Å². The van der Waals surface area contributed by atoms with Crippen LogP contribution in [0.25, 0.3) is 10.6 Å². The second-order valence-corrected chi connectivity index (χ2v) is 6.52. The van der Waals surface area contributed by atoms with Crippen LogP contribution in [-0.2, 0) is 16.1 Å². The molecule has 1 atom stereocenters. The molecule has 0 spiro atoms. The Morgan fingerprint density at radius 1 is 1.64 bits per heavy atom. The third-order valence-corrected chi connectivity index (χ3v) is 4.87. The molecule has 1 aliphatic heterocycles. The van der Waals surface area contributed by atoms with E-state index >= 15 is 0 Å². The number of aromatic nitrogens is 1. The number of hydrogen-bond donors (Lipinski definition) is 1. The molecule has 0 radical (unpaired) electrons. The molecule has 1 N–H and O–H groups in total. The topological polar surface area (TPSA) is 75.8 Å². The molecule has 1 fully saturated rings. The Labute approximate surface area is 132 Å². The minimum atomic E-state index is -0.822. The summed E-state index contributed by atoms with van der Waals surface area (Å²) in [6.07, 6.45) is 2.30. The van der Waals surface area contributed by atoms with E-state index in [1.165, 1.54) is 7.11 Å². The predicted octanol–water partition coefficient (Wildman–Crippen LogP) is 2.33. The molecule has 2 aromatic heterocycles. The Balaban J connectivity index is 1.66. The van der Waals surface area contributed by atoms with Gasteiger partial charge in [0.15, 0.2) is 5.76 Å². The SMILES string of the molecule is COCC1(C(=O)O)CCN(Cc2ncc(-c3cccs3)o2)C1. The lowest BCUT2D eigenvalue weighted by Crippen LogP contribution is -2.38. The summed E-state index contributed by atoms with van der Waals surface area (Å²) in [6, 6.07) is 3.95. The van der Waals surface area contributed by atoms with Crippen LogP contribution in [0, 0.1) is 5.41 Å². The van der Waals surface area contributed by atoms with Crippen LogP contribution in [0.4, 0.5) is 0 Å². The van der Waals surface area contributed by atoms with E-state index in [0.717, 1.165) is 10.6 Å². The van der Waals surface area contributed by atoms with Crippen molar-refractivity contribution in [1.29, 1.82) is 0 Å². The second-order valence-electron chi connectivity index (χ2n) is 5.57. The highest BCUT2D eigenvalue weighted by Crippen LogP contribution is 2.32. The summed E-state index contributed by atoms with van der Waals surface area (Å²) in [5, 5.41) is 11.5. The van der Waals surface area contributed by atoms with E-state index in [0.29, 0.717) is 31.9 Å². The fourth-order valence-corrected chi connectivity index (χ4v) is 3.50. The fraction of sp³-hybridized carbons (Fsp3) is 0.467. The first-order chi connectivity index (χ1) is 10.6. The van der Waals surface area contributed by atoms with Crippen molar-refractivity contribution >= 4 is 17.3 Å². The van der Waals surface area contributed by atoms with Crippen LogP contribution in [-0.4, -0.2) is 47.8 Å². The molecule has 22 heavy (non-hydrogen) atoms. The van der Waals surface area contributed by atoms with Crippen molar-refractivity contribution in [3.63, 3.8) is 0 Å². The smallest absolute Gasteiger partial charge is 0.313 e. The zero-order chi connectivity index (χ0) is 15.6. The van der Waals surface area contributed by atoms with Gasteiger partial charge >= 0.3 is 5.97 Å². The van der Waals surface area contributed by atoms with Crippen LogP contribution in [0.5, 0.6) is 0 Å². The van der Waals surface area contributed by atoms with E-state index in [-0.39, 0.29) is 6.61 Å². The quantitative estimate of drug-likeness (QED) is 0.879. The molecule has 118 valence electrons. The number of nitrogens with zero attached hydrogens (tertiary/aromatic N) is 2. The zero-order valence-corrected chi connectivity index (χ0v) is 13.1. The molecule has 3 heterocycles. The number of methoxy groups -OCH3 is 1. The van der Waals surface area contributed by atoms with Crippen molar-refractivity contribution in [2.24, 2.45) is 5.41 Å². The van der Waals surface area contributed by atoms with Crippen molar-refractivity contribution in [3.05, 3.63) is 29.6 Å². The Bertz CT molecular complexity index is 640. The summed E-state index contributed by atoms with van der Waals surface area (Å²) >= 11 is 1.60. The van der Waals surface area contributed by atoms with Crippen LogP contribution in [0.3, 0.4) is 0 Å². The number of aliphatic carboxylic acids is 1. The van der Waals surface area contributed by atoms with Gasteiger partial charge in [-0.1, -0.05) is 6.07 Å². The summed E-state index contributed by atoms with van der Waals surface area (Å²) in [5.41, 5.74) is -0.822. The van der Waals surface area contributed by atoms with Crippen molar-refractivity contribution in [3.8, 4) is 10.6 Å². The maximum Gasteiger partial charge on any atom is 0.313 e. The van der Waals surface area contributed by atoms with E-state index < -0.39 is 11.4 Å². The zero-order valence-electron chi connectivity index (χ0n) is 12.3. The minimum absolute atomic E-state index is 0.227. The van der Waals surface area contributed by atoms with Gasteiger partial charge in [0.05, 0.1) is 24.2 Å². The molecular formula is C15H18N2O4S. The predicted molar refractivity (Wildman–Crippen MR) is 81.7 cm³/mol. The largest absolute Gasteiger partial charge is 0.481 e. The first-order valence-corrected chi connectivity index (χ1v) is 7.94. The standard InChI is InChI=1S/C15H18N2O4S/c1-20-10-15(14(18)19)4-5-17(9-15)8-13-16-7-11(21-13)12-3-2-6-22-12/h2-3,6-7H,4-5,8-10H2,1H3,(H,18,19). The van der Waals surface area contributed by atoms with E-state index in [9.17, 15) is 9.90 Å². The van der Waals surface area contributed by atoms with E-state index in [1.807, 2.05) is 17.5 Å². The average molecular weight is 322 g/mol. The van der Waals surface area contributed by atoms with Crippen molar-refractivity contribution in [1.82, 2.24) is 9.88 Å². The van der Waals surface area contributed by atoms with Crippen LogP contribution < -0.4 is 0 Å². The first-order valence-electron chi connectivity index (χ1n) is 7.06. The van der Waals surface area contributed by atoms with Crippen LogP contribution in [0.1, 0.15) is 12.3 Å². The van der Waals surface area contributed by atoms with Gasteiger partial charge in [-0.3, -0.25) is 9.69 Å². The third-order valence-electron chi connectivity index (χ3n) is 3.98. The normalized spacial score (nSPS) is 22.2. The van der Waals surface area contributed by atoms with Gasteiger partial charge in [0, 0.05) is 13.7 Å². The monoisotopic (exact) mass is 322 g/mol. The van der Waals surface area contributed by atoms with Crippen LogP contribution >= 0.6 is 11.3 Å². The molecule has 6 nitrogen and oxygen atoms in total. The third kappa shape index (κ3) is 2.92. The van der Waals surface area contributed by atoms with E-state index in [2.05, 4.69) is 9.88 Å². The molecule has 3 rings (SSSR count). The first kappa shape index (κ1) is 15.2. The number of oxazole rings is 1. The van der Waals surface area contributed by atoms with Gasteiger partial charge in [-0.2, -0.15) is 0 Å². The van der Waals surface area contributed by atoms with Gasteiger partial charge in [-0.15, -0.1) is 11.3 Å². The lowest BCUT2D eigenvalue weighted by atomic mass is 9.88. The molecule has 0 aromatic carbocycles. The second kappa shape index (κ2) is 6.20. The number of carbonyl (C=O) groups is 1. The molecule has 0 bridgehead atoms. The number of ether oxygens (including phenoxy) is 1. The highest BCUT2D eigenvalue weighted by molar-refractivity contribution is 7.13. The van der Waals surface area contributed by atoms with Gasteiger partial charge < -0.3 is 14.3 Å². The number of likely N-dealkylation sites (tertiary alicyclic amines) is 1. The van der Waals surface area contributed by atoms with Gasteiger partial charge in [-0.25, -0.2) is 4.98 Å². The fourth-order valence-electron chi connectivity index (χ4n) is 2.83. The Morgan fingerprint density at radius 2 is 2.50 bits per heavy atom. The molecular weight excluding hydrogens is 304 g/mol. The molecule has 2 aromatic rings. The van der Waals surface area contributed by atoms with Crippen LogP contribution in [0.2, 0.25) is 0 Å². The number of rotatable bonds is 6. The number of thiophene rings is 1. The summed E-state index contributed by atoms with van der Waals surface area (Å²) < 4.78 is 10.9. The van der Waals surface area contributed by atoms with Gasteiger partial charge in [-0.05, 0) is 24.4 Å². The van der Waals surface area contributed by atoms with E-state index in [4.69, 9.17) is 9.15 Å². The lowest BCUT2D eigenvalue weighted by Gasteiger charge is -2.23. The maximum absolute atomic E-state index is 11.5. The molecule has 1 unspecified atom stereocenters. The summed E-state index contributed by atoms with van der Waals surface area (Å²) in [7, 11) is 1.54. The highest BCUT2D eigenvalue weighted by atomic mass is 32.1. The summed E-state index contributed by atoms with van der Waals surface area (Å²) in [4.78, 5) is 18.9. The molecule has 0 aliphatic carbocycles. The maximum atomic E-state index is 11.5. The summed E-state index contributed by atoms with van der Waals surface area (Å²) in [6.45, 7) is 1.90. The molecule has 0 amide bonds. The Hall–Kier alpha value is -1.70. The Morgan fingerprint density at radius 3 is 3.18 bits per heavy atom. The van der Waals surface area contributed by atoms with Gasteiger partial charge in [0.1, 0.15) is 5.41 Å². The number of carboxylic acid groups (broad SMARTS) is 1. The molecule has 7 heteroatoms. The van der Waals surface area contributed by atoms with Crippen LogP contribution in [0.15, 0.2) is 28.1 Å². The molecule has 0 saturated carbocycles. The number of carboxylic acids is 1. The molecule has 1 aliphatic rings. The van der Waals surface area contributed by atoms with Crippen molar-refractivity contribution in [2.75, 3.05) is 26.8 Å². The lowest BCUT2D eigenvalue weighted by molar-refractivity contribution is -0.151. The van der Waals surface area contributed by atoms with Gasteiger partial charge in [0.2, 0.25) is 5.89 Å². The van der Waals surface area contributed by atoms with Crippen molar-refractivity contribution < 1.29 is 19.1 Å². The molecule has 1 saturated heterocycles. The highest BCUT2D eigenvalue weighted by Gasteiger charge is 2.45. The number of hydrogen-bond acceptors (Lipinski definition) is 6. The minimum Gasteiger partial charge on any atom is -0.481 e. The Kier molecular flexibility index (Phi) is 4.28. The summed E-state index contributed by atoms with van der Waals surface area (Å²) in [5.74, 6) is 0.566.